The summed E-state index contributed by atoms with van der Waals surface area (Å²) in [5.74, 6) is -0.601. The first-order chi connectivity index (χ1) is 12.0. The molecule has 1 aliphatic rings. The molecule has 146 valence electrons. The highest BCUT2D eigenvalue weighted by Gasteiger charge is 2.35. The third-order valence-corrected chi connectivity index (χ3v) is 6.37. The average molecular weight is 407 g/mol. The third-order valence-electron chi connectivity index (χ3n) is 3.93. The highest BCUT2D eigenvalue weighted by molar-refractivity contribution is 7.89. The number of piperidine rings is 1. The molecule has 6 nitrogen and oxygen atoms in total. The molecule has 0 saturated carbocycles. The van der Waals surface area contributed by atoms with Gasteiger partial charge in [0.15, 0.2) is 0 Å². The average Bonchev–Trinajstić information content (AvgIpc) is 2.51. The normalized spacial score (nSPS) is 19.2. The Morgan fingerprint density at radius 2 is 2.08 bits per heavy atom. The number of carbonyl (C=O) groups is 1. The van der Waals surface area contributed by atoms with Gasteiger partial charge in [0.25, 0.3) is 0 Å². The van der Waals surface area contributed by atoms with Gasteiger partial charge in [0.05, 0.1) is 5.02 Å². The number of alkyl carbamates (subject to hydrolysis) is 1. The van der Waals surface area contributed by atoms with Gasteiger partial charge in [-0.15, -0.1) is 0 Å². The van der Waals surface area contributed by atoms with E-state index in [9.17, 15) is 17.6 Å². The molecule has 1 aromatic carbocycles. The maximum Gasteiger partial charge on any atom is 0.407 e. The molecule has 0 aliphatic carbocycles. The number of benzene rings is 1. The van der Waals surface area contributed by atoms with E-state index in [2.05, 4.69) is 5.32 Å². The summed E-state index contributed by atoms with van der Waals surface area (Å²) in [5.41, 5.74) is -0.635. The third kappa shape index (κ3) is 5.31. The van der Waals surface area contributed by atoms with E-state index in [0.717, 1.165) is 18.6 Å². The summed E-state index contributed by atoms with van der Waals surface area (Å²) in [6.07, 6.45) is 1.57. The summed E-state index contributed by atoms with van der Waals surface area (Å²) >= 11 is 5.95. The number of hydrogen-bond acceptors (Lipinski definition) is 4. The molecule has 1 N–H and O–H groups in total. The Balaban J connectivity index is 2.16. The Hall–Kier alpha value is -1.38. The molecule has 0 aromatic heterocycles. The van der Waals surface area contributed by atoms with Crippen LogP contribution in [0.2, 0.25) is 5.02 Å². The van der Waals surface area contributed by atoms with Crippen LogP contribution in [0.15, 0.2) is 23.1 Å². The first kappa shape index (κ1) is 20.9. The zero-order chi connectivity index (χ0) is 19.5. The minimum atomic E-state index is -3.90. The lowest BCUT2D eigenvalue weighted by molar-refractivity contribution is 0.0512. The number of nitrogens with one attached hydrogen (secondary N) is 1. The van der Waals surface area contributed by atoms with Gasteiger partial charge in [0, 0.05) is 19.1 Å². The molecule has 0 spiro atoms. The molecule has 1 amide bonds. The second-order valence-corrected chi connectivity index (χ2v) is 9.49. The van der Waals surface area contributed by atoms with Crippen LogP contribution in [0.1, 0.15) is 40.0 Å². The maximum absolute atomic E-state index is 13.2. The van der Waals surface area contributed by atoms with E-state index in [-0.39, 0.29) is 16.5 Å². The summed E-state index contributed by atoms with van der Waals surface area (Å²) in [6.45, 7) is 5.70. The van der Waals surface area contributed by atoms with Crippen LogP contribution < -0.4 is 5.32 Å². The van der Waals surface area contributed by atoms with Crippen molar-refractivity contribution in [2.75, 3.05) is 13.1 Å². The van der Waals surface area contributed by atoms with Crippen LogP contribution in [0.25, 0.3) is 0 Å². The minimum absolute atomic E-state index is 0.132. The van der Waals surface area contributed by atoms with Crippen LogP contribution in [-0.4, -0.2) is 43.5 Å². The smallest absolute Gasteiger partial charge is 0.407 e. The van der Waals surface area contributed by atoms with Crippen molar-refractivity contribution < 1.29 is 22.3 Å². The van der Waals surface area contributed by atoms with Gasteiger partial charge < -0.3 is 10.1 Å². The topological polar surface area (TPSA) is 75.7 Å². The van der Waals surface area contributed by atoms with Gasteiger partial charge in [-0.25, -0.2) is 17.6 Å². The molecule has 26 heavy (non-hydrogen) atoms. The van der Waals surface area contributed by atoms with Gasteiger partial charge in [0.2, 0.25) is 10.0 Å². The van der Waals surface area contributed by atoms with E-state index in [1.165, 1.54) is 10.4 Å². The Morgan fingerprint density at radius 3 is 2.69 bits per heavy atom. The first-order valence-electron chi connectivity index (χ1n) is 8.44. The fraction of sp³-hybridized carbons (Fsp3) is 0.588. The number of nitrogens with zero attached hydrogens (tertiary/aromatic N) is 1. The summed E-state index contributed by atoms with van der Waals surface area (Å²) in [7, 11) is -3.90. The zero-order valence-corrected chi connectivity index (χ0v) is 16.7. The predicted molar refractivity (Wildman–Crippen MR) is 97.2 cm³/mol. The lowest BCUT2D eigenvalue weighted by Gasteiger charge is -2.35. The SMILES string of the molecule is CC(C)(C)OC(=O)NCC1CCCCN1S(=O)(=O)c1ccc(F)cc1Cl. The Labute approximate surface area is 158 Å². The number of ether oxygens (including phenoxy) is 1. The van der Waals surface area contributed by atoms with Gasteiger partial charge in [-0.2, -0.15) is 4.31 Å². The van der Waals surface area contributed by atoms with Crippen molar-refractivity contribution in [3.63, 3.8) is 0 Å². The van der Waals surface area contributed by atoms with Crippen LogP contribution in [0.5, 0.6) is 0 Å². The highest BCUT2D eigenvalue weighted by Crippen LogP contribution is 2.30. The summed E-state index contributed by atoms with van der Waals surface area (Å²) in [4.78, 5) is 11.7. The minimum Gasteiger partial charge on any atom is -0.444 e. The van der Waals surface area contributed by atoms with E-state index in [0.29, 0.717) is 19.4 Å². The number of carbonyl (C=O) groups excluding carboxylic acids is 1. The second-order valence-electron chi connectivity index (χ2n) is 7.22. The van der Waals surface area contributed by atoms with E-state index < -0.39 is 33.6 Å². The molecule has 1 unspecified atom stereocenters. The Kier molecular flexibility index (Phi) is 6.52. The molecule has 0 radical (unpaired) electrons. The Bertz CT molecular complexity index is 765. The molecule has 1 saturated heterocycles. The summed E-state index contributed by atoms with van der Waals surface area (Å²) in [6, 6.07) is 2.80. The number of sulfonamides is 1. The van der Waals surface area contributed by atoms with Crippen LogP contribution in [0.4, 0.5) is 9.18 Å². The lowest BCUT2D eigenvalue weighted by Crippen LogP contribution is -2.49. The highest BCUT2D eigenvalue weighted by atomic mass is 35.5. The fourth-order valence-corrected chi connectivity index (χ4v) is 5.02. The van der Waals surface area contributed by atoms with Gasteiger partial charge in [0.1, 0.15) is 16.3 Å². The molecule has 9 heteroatoms. The van der Waals surface area contributed by atoms with Crippen molar-refractivity contribution in [3.05, 3.63) is 29.0 Å². The Morgan fingerprint density at radius 1 is 1.38 bits per heavy atom. The van der Waals surface area contributed by atoms with Crippen molar-refractivity contribution in [2.45, 2.75) is 56.6 Å². The molecular formula is C17H24ClFN2O4S. The molecule has 1 fully saturated rings. The molecular weight excluding hydrogens is 383 g/mol. The largest absolute Gasteiger partial charge is 0.444 e. The maximum atomic E-state index is 13.2. The van der Waals surface area contributed by atoms with Gasteiger partial charge in [-0.05, 0) is 51.8 Å². The molecule has 2 rings (SSSR count). The van der Waals surface area contributed by atoms with E-state index >= 15 is 0 Å². The fourth-order valence-electron chi connectivity index (χ4n) is 2.82. The molecule has 1 aliphatic heterocycles. The van der Waals surface area contributed by atoms with Crippen LogP contribution in [0.3, 0.4) is 0 Å². The van der Waals surface area contributed by atoms with Crippen molar-refractivity contribution in [1.82, 2.24) is 9.62 Å². The standard InChI is InChI=1S/C17H24ClFN2O4S/c1-17(2,3)25-16(22)20-11-13-6-4-5-9-21(13)26(23,24)15-8-7-12(19)10-14(15)18/h7-8,10,13H,4-6,9,11H2,1-3H3,(H,20,22). The second kappa shape index (κ2) is 8.10. The van der Waals surface area contributed by atoms with Crippen molar-refractivity contribution in [2.24, 2.45) is 0 Å². The van der Waals surface area contributed by atoms with Crippen LogP contribution in [0, 0.1) is 5.82 Å². The summed E-state index contributed by atoms with van der Waals surface area (Å²) < 4.78 is 45.7. The van der Waals surface area contributed by atoms with Gasteiger partial charge in [-0.3, -0.25) is 0 Å². The number of halogens is 2. The van der Waals surface area contributed by atoms with E-state index in [1.54, 1.807) is 20.8 Å². The molecule has 1 heterocycles. The number of rotatable bonds is 4. The van der Waals surface area contributed by atoms with Crippen LogP contribution >= 0.6 is 11.6 Å². The predicted octanol–water partition coefficient (Wildman–Crippen LogP) is 3.55. The van der Waals surface area contributed by atoms with Crippen molar-refractivity contribution in [3.8, 4) is 0 Å². The lowest BCUT2D eigenvalue weighted by atomic mass is 10.1. The number of amides is 1. The van der Waals surface area contributed by atoms with Crippen molar-refractivity contribution in [1.29, 1.82) is 0 Å². The number of hydrogen-bond donors (Lipinski definition) is 1. The quantitative estimate of drug-likeness (QED) is 0.829. The zero-order valence-electron chi connectivity index (χ0n) is 15.1. The molecule has 1 aromatic rings. The van der Waals surface area contributed by atoms with Crippen molar-refractivity contribution >= 4 is 27.7 Å². The van der Waals surface area contributed by atoms with Gasteiger partial charge >= 0.3 is 6.09 Å². The summed E-state index contributed by atoms with van der Waals surface area (Å²) in [5, 5.41) is 2.47. The van der Waals surface area contributed by atoms with E-state index in [1.807, 2.05) is 0 Å². The molecule has 0 bridgehead atoms. The molecule has 1 atom stereocenters. The van der Waals surface area contributed by atoms with Crippen LogP contribution in [-0.2, 0) is 14.8 Å². The van der Waals surface area contributed by atoms with Gasteiger partial charge in [-0.1, -0.05) is 18.0 Å². The van der Waals surface area contributed by atoms with E-state index in [4.69, 9.17) is 16.3 Å². The first-order valence-corrected chi connectivity index (χ1v) is 10.3. The monoisotopic (exact) mass is 406 g/mol.